The van der Waals surface area contributed by atoms with E-state index < -0.39 is 45.2 Å². The second-order valence-corrected chi connectivity index (χ2v) is 26.6. The summed E-state index contributed by atoms with van der Waals surface area (Å²) in [5.41, 5.74) is 5.33. The molecule has 293 valence electrons. The van der Waals surface area contributed by atoms with E-state index in [1.807, 2.05) is 60.7 Å². The standard InChI is InChI=1S/C32H22N3S.C18H23FGeN.Ir/c1-21-14-16-23(17-15-21)29-31-25(18-19-33-29)24-10-7-11-26(30(24)36-31)32-34-27-12-5-6-13-28(27)35(32)20-22-8-3-2-4-9-22;1-12(2)15-10-17(21-11-16(15)20(4,5)6)14-9-7-8-13(3)18(14)19;/h2-10,12-19H,20H2,1H3;7-8,10-12H,1-6H3;/q2*-1;/i1D3,20D2;3D3,12D;. The number of rotatable bonds is 7. The van der Waals surface area contributed by atoms with Crippen molar-refractivity contribution in [1.29, 1.82) is 0 Å². The van der Waals surface area contributed by atoms with Crippen LogP contribution in [0.3, 0.4) is 0 Å². The van der Waals surface area contributed by atoms with Crippen LogP contribution in [0.2, 0.25) is 17.3 Å². The van der Waals surface area contributed by atoms with E-state index in [1.165, 1.54) is 12.1 Å². The van der Waals surface area contributed by atoms with Crippen molar-refractivity contribution in [3.8, 4) is 33.9 Å². The second-order valence-electron chi connectivity index (χ2n) is 15.0. The molecule has 0 aliphatic carbocycles. The first-order valence-corrected chi connectivity index (χ1v) is 26.7. The largest absolute Gasteiger partial charge is 0.360 e. The van der Waals surface area contributed by atoms with Crippen LogP contribution in [-0.4, -0.2) is 32.8 Å². The van der Waals surface area contributed by atoms with Gasteiger partial charge in [0.1, 0.15) is 0 Å². The monoisotopic (exact) mass is 1030 g/mol. The number of halogens is 1. The maximum atomic E-state index is 14.8. The van der Waals surface area contributed by atoms with Gasteiger partial charge in [-0.25, -0.2) is 0 Å². The Labute approximate surface area is 373 Å². The summed E-state index contributed by atoms with van der Waals surface area (Å²) in [6, 6.07) is 39.9. The zero-order chi connectivity index (χ0) is 47.6. The van der Waals surface area contributed by atoms with Crippen LogP contribution in [-0.2, 0) is 26.6 Å². The molecular formula is C50H45FGeIrN4S-2. The number of para-hydroxylation sites is 2. The van der Waals surface area contributed by atoms with Crippen LogP contribution in [0.5, 0.6) is 0 Å². The van der Waals surface area contributed by atoms with Gasteiger partial charge in [0.15, 0.2) is 0 Å². The number of nitrogens with zero attached hydrogens (tertiary/aromatic N) is 4. The predicted molar refractivity (Wildman–Crippen MR) is 241 cm³/mol. The van der Waals surface area contributed by atoms with E-state index in [2.05, 4.69) is 39.4 Å². The molecule has 0 saturated carbocycles. The van der Waals surface area contributed by atoms with Gasteiger partial charge in [-0.2, -0.15) is 11.3 Å². The Hall–Kier alpha value is -4.79. The summed E-state index contributed by atoms with van der Waals surface area (Å²) in [7, 11) is 0. The topological polar surface area (TPSA) is 43.6 Å². The van der Waals surface area contributed by atoms with Crippen LogP contribution >= 0.6 is 11.3 Å². The molecule has 58 heavy (non-hydrogen) atoms. The van der Waals surface area contributed by atoms with E-state index in [1.54, 1.807) is 84.6 Å². The molecule has 4 nitrogen and oxygen atoms in total. The van der Waals surface area contributed by atoms with Gasteiger partial charge in [0, 0.05) is 42.5 Å². The smallest absolute Gasteiger partial charge is 0.0871 e. The minimum absolute atomic E-state index is 0. The Balaban J connectivity index is 0.000000221. The third-order valence-electron chi connectivity index (χ3n) is 9.75. The fraction of sp³-hybridized carbons (Fsp3) is 0.180. The number of aryl methyl sites for hydroxylation is 2. The summed E-state index contributed by atoms with van der Waals surface area (Å²) in [4.78, 5) is 14.0. The van der Waals surface area contributed by atoms with Crippen molar-refractivity contribution in [2.24, 2.45) is 0 Å². The number of benzene rings is 5. The van der Waals surface area contributed by atoms with Crippen molar-refractivity contribution < 1.29 is 36.8 Å². The van der Waals surface area contributed by atoms with Gasteiger partial charge in [0.2, 0.25) is 0 Å². The predicted octanol–water partition coefficient (Wildman–Crippen LogP) is 13.0. The number of hydrogen-bond acceptors (Lipinski definition) is 4. The quantitative estimate of drug-likeness (QED) is 0.118. The number of fused-ring (bicyclic) bond motifs is 4. The maximum Gasteiger partial charge on any atom is 0.0871 e. The molecule has 5 aromatic carbocycles. The van der Waals surface area contributed by atoms with E-state index in [0.717, 1.165) is 41.4 Å². The fourth-order valence-electron chi connectivity index (χ4n) is 6.89. The van der Waals surface area contributed by atoms with Gasteiger partial charge in [-0.05, 0) is 40.7 Å². The molecule has 1 radical (unpaired) electrons. The first-order chi connectivity index (χ1) is 31.0. The Morgan fingerprint density at radius 1 is 0.845 bits per heavy atom. The Bertz CT molecular complexity index is 3250. The third kappa shape index (κ3) is 8.24. The Morgan fingerprint density at radius 3 is 2.31 bits per heavy atom. The molecule has 0 unspecified atom stereocenters. The summed E-state index contributed by atoms with van der Waals surface area (Å²) in [6.45, 7) is -3.00. The summed E-state index contributed by atoms with van der Waals surface area (Å²) in [5, 5.41) is 2.01. The zero-order valence-corrected chi connectivity index (χ0v) is 37.8. The molecule has 9 rings (SSSR count). The number of thiophene rings is 1. The summed E-state index contributed by atoms with van der Waals surface area (Å²) < 4.78 is 91.8. The van der Waals surface area contributed by atoms with Crippen molar-refractivity contribution in [2.75, 3.05) is 0 Å². The molecule has 0 spiro atoms. The third-order valence-corrected chi connectivity index (χ3v) is 15.2. The Morgan fingerprint density at radius 2 is 1.57 bits per heavy atom. The van der Waals surface area contributed by atoms with Gasteiger partial charge in [0.25, 0.3) is 0 Å². The number of hydrogen-bond donors (Lipinski definition) is 0. The Kier molecular flexibility index (Phi) is 9.25. The molecule has 4 aromatic heterocycles. The van der Waals surface area contributed by atoms with Gasteiger partial charge in [-0.1, -0.05) is 83.2 Å². The van der Waals surface area contributed by atoms with Gasteiger partial charge in [-0.3, -0.25) is 9.97 Å². The second kappa shape index (κ2) is 17.2. The van der Waals surface area contributed by atoms with Crippen molar-refractivity contribution >= 4 is 60.2 Å². The summed E-state index contributed by atoms with van der Waals surface area (Å²) in [5.74, 6) is 5.46. The van der Waals surface area contributed by atoms with Crippen LogP contribution in [0.25, 0.3) is 65.1 Å². The average molecular weight is 1030 g/mol. The van der Waals surface area contributed by atoms with Crippen molar-refractivity contribution in [2.45, 2.75) is 57.2 Å². The zero-order valence-electron chi connectivity index (χ0n) is 41.5. The van der Waals surface area contributed by atoms with Crippen LogP contribution in [0.1, 0.15) is 54.3 Å². The van der Waals surface area contributed by atoms with E-state index in [0.29, 0.717) is 33.7 Å². The van der Waals surface area contributed by atoms with E-state index in [9.17, 15) is 7.13 Å². The molecule has 0 aliphatic heterocycles. The van der Waals surface area contributed by atoms with Crippen LogP contribution in [0, 0.1) is 31.7 Å². The van der Waals surface area contributed by atoms with E-state index in [-0.39, 0.29) is 36.8 Å². The molecule has 0 saturated heterocycles. The van der Waals surface area contributed by atoms with Gasteiger partial charge >= 0.3 is 135 Å². The molecule has 0 N–H and O–H groups in total. The van der Waals surface area contributed by atoms with E-state index >= 15 is 0 Å². The van der Waals surface area contributed by atoms with Crippen molar-refractivity contribution in [3.63, 3.8) is 0 Å². The number of pyridine rings is 2. The molecule has 0 amide bonds. The minimum atomic E-state index is -2.54. The first kappa shape index (κ1) is 31.2. The first-order valence-electron chi connectivity index (χ1n) is 23.0. The molecular weight excluding hydrogens is 972 g/mol. The minimum Gasteiger partial charge on any atom is -0.360 e. The molecule has 4 heterocycles. The van der Waals surface area contributed by atoms with Crippen molar-refractivity contribution in [1.82, 2.24) is 19.5 Å². The van der Waals surface area contributed by atoms with Gasteiger partial charge in [-0.15, -0.1) is 18.2 Å². The van der Waals surface area contributed by atoms with Crippen LogP contribution in [0.15, 0.2) is 128 Å². The molecule has 0 atom stereocenters. The molecule has 9 aromatic rings. The molecule has 0 bridgehead atoms. The maximum absolute atomic E-state index is 14.8. The van der Waals surface area contributed by atoms with Crippen LogP contribution < -0.4 is 4.40 Å². The van der Waals surface area contributed by atoms with Crippen molar-refractivity contribution in [3.05, 3.63) is 168 Å². The molecule has 0 fully saturated rings. The normalized spacial score (nSPS) is 14.7. The summed E-state index contributed by atoms with van der Waals surface area (Å²) >= 11 is -0.716. The molecule has 0 aliphatic rings. The van der Waals surface area contributed by atoms with Gasteiger partial charge < -0.3 is 4.57 Å². The average Bonchev–Trinajstić information content (AvgIpc) is 3.85. The number of aromatic nitrogens is 4. The summed E-state index contributed by atoms with van der Waals surface area (Å²) in [6.07, 6.45) is 3.50. The SMILES string of the molecule is [2H]C([2H])([2H])c1cc[c-]c(-c2cc(C([2H])(C)C)[c]([Ge]([CH3])([CH3])[CH3])cn2)c1F.[2H]C([2H])([2H])c1ccc(-c2nccc3c2sc2c(-c4nc5ccccc5n4C([2H])([2H])c4ccccc4)[c-]ccc23)cc1.[Ir]. The number of imidazole rings is 1. The van der Waals surface area contributed by atoms with E-state index in [4.69, 9.17) is 14.6 Å². The fourth-order valence-corrected chi connectivity index (χ4v) is 11.5. The van der Waals surface area contributed by atoms with Gasteiger partial charge in [0.05, 0.1) is 30.0 Å². The molecule has 8 heteroatoms. The van der Waals surface area contributed by atoms with Crippen LogP contribution in [0.4, 0.5) is 4.39 Å².